The van der Waals surface area contributed by atoms with E-state index in [1.165, 1.54) is 6.20 Å². The van der Waals surface area contributed by atoms with E-state index in [1.54, 1.807) is 41.9 Å². The van der Waals surface area contributed by atoms with Crippen molar-refractivity contribution in [3.8, 4) is 17.0 Å². The molecule has 3 aromatic heterocycles. The number of hydrogen-bond acceptors (Lipinski definition) is 7. The van der Waals surface area contributed by atoms with Gasteiger partial charge in [-0.1, -0.05) is 48.5 Å². The molecule has 40 heavy (non-hydrogen) atoms. The van der Waals surface area contributed by atoms with Crippen LogP contribution in [0.1, 0.15) is 33.6 Å². The molecule has 198 valence electrons. The molecular formula is C31H24N4O5. The number of hydrogen-bond donors (Lipinski definition) is 1. The van der Waals surface area contributed by atoms with Gasteiger partial charge in [-0.2, -0.15) is 5.10 Å². The van der Waals surface area contributed by atoms with E-state index >= 15 is 0 Å². The van der Waals surface area contributed by atoms with Crippen LogP contribution in [0.25, 0.3) is 27.7 Å². The lowest BCUT2D eigenvalue weighted by Gasteiger charge is -2.09. The number of anilines is 1. The van der Waals surface area contributed by atoms with Gasteiger partial charge in [-0.3, -0.25) is 4.79 Å². The van der Waals surface area contributed by atoms with Crippen LogP contribution < -0.4 is 10.1 Å². The average molecular weight is 533 g/mol. The topological polar surface area (TPSA) is 108 Å². The fourth-order valence-electron chi connectivity index (χ4n) is 4.46. The summed E-state index contributed by atoms with van der Waals surface area (Å²) in [4.78, 5) is 29.5. The highest BCUT2D eigenvalue weighted by molar-refractivity contribution is 6.02. The van der Waals surface area contributed by atoms with Crippen LogP contribution in [0.4, 0.5) is 5.69 Å². The Bertz CT molecular complexity index is 1850. The number of aromatic nitrogens is 3. The normalized spacial score (nSPS) is 11.0. The molecule has 0 aliphatic carbocycles. The van der Waals surface area contributed by atoms with Gasteiger partial charge < -0.3 is 19.2 Å². The zero-order chi connectivity index (χ0) is 27.5. The van der Waals surface area contributed by atoms with Crippen LogP contribution in [0.2, 0.25) is 0 Å². The molecule has 1 N–H and O–H groups in total. The summed E-state index contributed by atoms with van der Waals surface area (Å²) < 4.78 is 18.4. The summed E-state index contributed by atoms with van der Waals surface area (Å²) in [5, 5.41) is 9.30. The van der Waals surface area contributed by atoms with Crippen LogP contribution in [0, 0.1) is 0 Å². The molecule has 6 aromatic rings. The van der Waals surface area contributed by atoms with Crippen LogP contribution in [-0.4, -0.2) is 33.1 Å². The molecule has 3 heterocycles. The summed E-state index contributed by atoms with van der Waals surface area (Å²) in [6, 6.07) is 26.3. The maximum atomic E-state index is 13.0. The number of ether oxygens (including phenoxy) is 2. The molecule has 9 heteroatoms. The number of carbonyl (C=O) groups excluding carboxylic acids is 2. The second kappa shape index (κ2) is 10.7. The first-order valence-electron chi connectivity index (χ1n) is 12.7. The standard InChI is InChI=1S/C31H24N4O5/c1-2-38-31(37)25-18-33-35-26(15-16-32-29(25)35)21-9-5-10-22(17-21)34-30(36)28-14-13-23(40-28)19-39-27-12-6-8-20-7-3-4-11-24(20)27/h3-18H,2,19H2,1H3,(H,34,36). The van der Waals surface area contributed by atoms with Crippen LogP contribution in [0.15, 0.2) is 102 Å². The quantitative estimate of drug-likeness (QED) is 0.234. The van der Waals surface area contributed by atoms with Crippen molar-refractivity contribution in [2.45, 2.75) is 13.5 Å². The molecule has 6 rings (SSSR count). The van der Waals surface area contributed by atoms with E-state index in [0.29, 0.717) is 22.8 Å². The third kappa shape index (κ3) is 4.88. The van der Waals surface area contributed by atoms with Gasteiger partial charge in [-0.15, -0.1) is 0 Å². The van der Waals surface area contributed by atoms with Crippen molar-refractivity contribution in [3.63, 3.8) is 0 Å². The maximum absolute atomic E-state index is 13.0. The van der Waals surface area contributed by atoms with Gasteiger partial charge in [0.25, 0.3) is 5.91 Å². The molecule has 0 aliphatic rings. The number of nitrogens with zero attached hydrogens (tertiary/aromatic N) is 3. The molecule has 0 bridgehead atoms. The molecule has 0 saturated carbocycles. The fraction of sp³-hybridized carbons (Fsp3) is 0.0968. The predicted octanol–water partition coefficient (Wildman–Crippen LogP) is 6.15. The van der Waals surface area contributed by atoms with Crippen molar-refractivity contribution in [1.29, 1.82) is 0 Å². The molecule has 3 aromatic carbocycles. The summed E-state index contributed by atoms with van der Waals surface area (Å²) in [5.41, 5.74) is 2.70. The lowest BCUT2D eigenvalue weighted by molar-refractivity contribution is 0.0528. The summed E-state index contributed by atoms with van der Waals surface area (Å²) in [6.07, 6.45) is 3.04. The van der Waals surface area contributed by atoms with Crippen molar-refractivity contribution in [1.82, 2.24) is 14.6 Å². The van der Waals surface area contributed by atoms with Crippen LogP contribution in [-0.2, 0) is 11.3 Å². The number of esters is 1. The smallest absolute Gasteiger partial charge is 0.343 e. The van der Waals surface area contributed by atoms with Crippen LogP contribution >= 0.6 is 0 Å². The van der Waals surface area contributed by atoms with E-state index in [9.17, 15) is 9.59 Å². The highest BCUT2D eigenvalue weighted by Crippen LogP contribution is 2.27. The zero-order valence-corrected chi connectivity index (χ0v) is 21.5. The van der Waals surface area contributed by atoms with Gasteiger partial charge in [-0.25, -0.2) is 14.3 Å². The SMILES string of the molecule is CCOC(=O)c1cnn2c(-c3cccc(NC(=O)c4ccc(COc5cccc6ccccc56)o4)c3)ccnc12. The Hall–Kier alpha value is -5.44. The van der Waals surface area contributed by atoms with Gasteiger partial charge in [0, 0.05) is 22.8 Å². The molecule has 0 aliphatic heterocycles. The Labute approximate surface area is 229 Å². The third-order valence-electron chi connectivity index (χ3n) is 6.32. The van der Waals surface area contributed by atoms with E-state index in [4.69, 9.17) is 13.9 Å². The summed E-state index contributed by atoms with van der Waals surface area (Å²) in [7, 11) is 0. The van der Waals surface area contributed by atoms with Gasteiger partial charge in [0.2, 0.25) is 0 Å². The second-order valence-corrected chi connectivity index (χ2v) is 8.91. The number of nitrogens with one attached hydrogen (secondary N) is 1. The number of furan rings is 1. The minimum Gasteiger partial charge on any atom is -0.485 e. The monoisotopic (exact) mass is 532 g/mol. The van der Waals surface area contributed by atoms with Crippen molar-refractivity contribution >= 4 is 34.0 Å². The number of fused-ring (bicyclic) bond motifs is 2. The van der Waals surface area contributed by atoms with Crippen LogP contribution in [0.3, 0.4) is 0 Å². The van der Waals surface area contributed by atoms with E-state index in [-0.39, 0.29) is 24.5 Å². The van der Waals surface area contributed by atoms with Crippen molar-refractivity contribution in [2.24, 2.45) is 0 Å². The van der Waals surface area contributed by atoms with Gasteiger partial charge >= 0.3 is 5.97 Å². The van der Waals surface area contributed by atoms with Gasteiger partial charge in [0.15, 0.2) is 11.4 Å². The minimum atomic E-state index is -0.483. The lowest BCUT2D eigenvalue weighted by Crippen LogP contribution is -2.11. The maximum Gasteiger partial charge on any atom is 0.343 e. The number of carbonyl (C=O) groups is 2. The second-order valence-electron chi connectivity index (χ2n) is 8.91. The van der Waals surface area contributed by atoms with Gasteiger partial charge in [0.05, 0.1) is 18.5 Å². The third-order valence-corrected chi connectivity index (χ3v) is 6.32. The molecule has 9 nitrogen and oxygen atoms in total. The van der Waals surface area contributed by atoms with Crippen molar-refractivity contribution < 1.29 is 23.5 Å². The van der Waals surface area contributed by atoms with E-state index in [2.05, 4.69) is 15.4 Å². The Morgan fingerprint density at radius 2 is 1.82 bits per heavy atom. The highest BCUT2D eigenvalue weighted by Gasteiger charge is 2.18. The van der Waals surface area contributed by atoms with Crippen molar-refractivity contribution in [3.05, 3.63) is 114 Å². The first-order valence-corrected chi connectivity index (χ1v) is 12.7. The molecule has 0 saturated heterocycles. The molecule has 0 fully saturated rings. The summed E-state index contributed by atoms with van der Waals surface area (Å²) >= 11 is 0. The Morgan fingerprint density at radius 3 is 2.73 bits per heavy atom. The highest BCUT2D eigenvalue weighted by atomic mass is 16.5. The fourth-order valence-corrected chi connectivity index (χ4v) is 4.46. The minimum absolute atomic E-state index is 0.166. The molecule has 0 radical (unpaired) electrons. The number of rotatable bonds is 8. The van der Waals surface area contributed by atoms with Crippen LogP contribution in [0.5, 0.6) is 5.75 Å². The molecule has 1 amide bonds. The Morgan fingerprint density at radius 1 is 0.975 bits per heavy atom. The number of benzene rings is 3. The molecule has 0 unspecified atom stereocenters. The average Bonchev–Trinajstić information content (AvgIpc) is 3.64. The van der Waals surface area contributed by atoms with E-state index in [0.717, 1.165) is 22.1 Å². The largest absolute Gasteiger partial charge is 0.485 e. The van der Waals surface area contributed by atoms with E-state index < -0.39 is 11.9 Å². The first-order chi connectivity index (χ1) is 19.6. The van der Waals surface area contributed by atoms with Gasteiger partial charge in [0.1, 0.15) is 23.7 Å². The molecule has 0 atom stereocenters. The summed E-state index contributed by atoms with van der Waals surface area (Å²) in [5.74, 6) is 0.566. The number of amides is 1. The Kier molecular flexibility index (Phi) is 6.68. The molecular weight excluding hydrogens is 508 g/mol. The lowest BCUT2D eigenvalue weighted by atomic mass is 10.1. The van der Waals surface area contributed by atoms with E-state index in [1.807, 2.05) is 60.7 Å². The zero-order valence-electron chi connectivity index (χ0n) is 21.5. The molecule has 0 spiro atoms. The van der Waals surface area contributed by atoms with Gasteiger partial charge in [-0.05, 0) is 48.7 Å². The first kappa shape index (κ1) is 24.9. The predicted molar refractivity (Wildman–Crippen MR) is 149 cm³/mol. The van der Waals surface area contributed by atoms with Crippen molar-refractivity contribution in [2.75, 3.05) is 11.9 Å². The summed E-state index contributed by atoms with van der Waals surface area (Å²) in [6.45, 7) is 2.18. The Balaban J connectivity index is 1.17.